The van der Waals surface area contributed by atoms with Crippen LogP contribution in [0.25, 0.3) is 0 Å². The van der Waals surface area contributed by atoms with Gasteiger partial charge in [0.05, 0.1) is 18.0 Å². The molecule has 140 valence electrons. The number of hydrogen-bond donors (Lipinski definition) is 1. The first-order valence-electron chi connectivity index (χ1n) is 9.16. The van der Waals surface area contributed by atoms with Crippen LogP contribution in [0, 0.1) is 6.92 Å². The lowest BCUT2D eigenvalue weighted by atomic mass is 9.99. The lowest BCUT2D eigenvalue weighted by Crippen LogP contribution is -2.19. The molecule has 0 aliphatic carbocycles. The molecule has 1 aliphatic rings. The molecule has 0 radical (unpaired) electrons. The van der Waals surface area contributed by atoms with E-state index in [1.165, 1.54) is 5.56 Å². The van der Waals surface area contributed by atoms with Gasteiger partial charge in [-0.05, 0) is 62.4 Å². The second-order valence-electron chi connectivity index (χ2n) is 6.52. The van der Waals surface area contributed by atoms with Gasteiger partial charge in [0.25, 0.3) is 0 Å². The van der Waals surface area contributed by atoms with Crippen LogP contribution in [-0.4, -0.2) is 18.2 Å². The predicted octanol–water partition coefficient (Wildman–Crippen LogP) is 5.59. The zero-order valence-corrected chi connectivity index (χ0v) is 17.3. The summed E-state index contributed by atoms with van der Waals surface area (Å²) in [4.78, 5) is 4.85. The number of hydrazone groups is 1. The quantitative estimate of drug-likeness (QED) is 0.582. The highest BCUT2D eigenvalue weighted by Crippen LogP contribution is 2.27. The molecule has 0 spiro atoms. The zero-order chi connectivity index (χ0) is 19.5. The molecule has 0 fully saturated rings. The number of hydrogen-bond acceptors (Lipinski definition) is 4. The third kappa shape index (κ3) is 3.85. The summed E-state index contributed by atoms with van der Waals surface area (Å²) in [7, 11) is 0. The van der Waals surface area contributed by atoms with Crippen LogP contribution in [0.15, 0.2) is 81.3 Å². The number of ether oxygens (including phenoxy) is 1. The molecule has 0 atom stereocenters. The second-order valence-corrected chi connectivity index (χ2v) is 7.43. The zero-order valence-electron chi connectivity index (χ0n) is 15.7. The fraction of sp³-hybridized carbons (Fsp3) is 0.130. The number of benzene rings is 3. The van der Waals surface area contributed by atoms with Gasteiger partial charge in [0.15, 0.2) is 5.84 Å². The average Bonchev–Trinajstić information content (AvgIpc) is 2.89. The minimum absolute atomic E-state index is 0.647. The van der Waals surface area contributed by atoms with Gasteiger partial charge >= 0.3 is 0 Å². The van der Waals surface area contributed by atoms with E-state index in [9.17, 15) is 0 Å². The molecule has 5 heteroatoms. The van der Waals surface area contributed by atoms with E-state index in [0.29, 0.717) is 6.61 Å². The average molecular weight is 434 g/mol. The summed E-state index contributed by atoms with van der Waals surface area (Å²) in [5.74, 6) is 1.57. The van der Waals surface area contributed by atoms with Gasteiger partial charge in [0.2, 0.25) is 0 Å². The number of aliphatic imine (C=N–C) groups is 1. The van der Waals surface area contributed by atoms with Crippen molar-refractivity contribution in [1.29, 1.82) is 0 Å². The standard InChI is InChI=1S/C23H20BrN3O/c1-3-28-19-11-7-16(8-12-19)22-20-14-15(2)4-13-21(20)25-23(27-26-22)17-5-9-18(24)10-6-17/h4-14H,3H2,1-2H3,(H,25,27). The van der Waals surface area contributed by atoms with E-state index in [2.05, 4.69) is 40.4 Å². The van der Waals surface area contributed by atoms with Crippen LogP contribution in [0.4, 0.5) is 5.69 Å². The van der Waals surface area contributed by atoms with Crippen molar-refractivity contribution in [3.8, 4) is 5.75 Å². The molecule has 0 saturated carbocycles. The van der Waals surface area contributed by atoms with Gasteiger partial charge in [0.1, 0.15) is 5.75 Å². The van der Waals surface area contributed by atoms with Crippen molar-refractivity contribution in [2.45, 2.75) is 13.8 Å². The fourth-order valence-electron chi connectivity index (χ4n) is 3.08. The molecule has 4 rings (SSSR count). The van der Waals surface area contributed by atoms with Crippen LogP contribution >= 0.6 is 15.9 Å². The molecule has 28 heavy (non-hydrogen) atoms. The van der Waals surface area contributed by atoms with Gasteiger partial charge < -0.3 is 4.74 Å². The molecule has 0 saturated heterocycles. The Morgan fingerprint density at radius 2 is 1.64 bits per heavy atom. The van der Waals surface area contributed by atoms with Crippen molar-refractivity contribution in [3.05, 3.63) is 93.5 Å². The van der Waals surface area contributed by atoms with Crippen LogP contribution in [0.1, 0.15) is 29.2 Å². The third-order valence-corrected chi connectivity index (χ3v) is 5.00. The summed E-state index contributed by atoms with van der Waals surface area (Å²) in [5, 5.41) is 4.72. The van der Waals surface area contributed by atoms with Crippen molar-refractivity contribution in [3.63, 3.8) is 0 Å². The first-order valence-corrected chi connectivity index (χ1v) is 9.96. The fourth-order valence-corrected chi connectivity index (χ4v) is 3.35. The van der Waals surface area contributed by atoms with Crippen molar-refractivity contribution < 1.29 is 4.74 Å². The molecule has 1 N–H and O–H groups in total. The van der Waals surface area contributed by atoms with Gasteiger partial charge in [-0.1, -0.05) is 39.7 Å². The second kappa shape index (κ2) is 7.98. The summed E-state index contributed by atoms with van der Waals surface area (Å²) in [6, 6.07) is 22.3. The predicted molar refractivity (Wildman–Crippen MR) is 118 cm³/mol. The van der Waals surface area contributed by atoms with E-state index in [-0.39, 0.29) is 0 Å². The maximum absolute atomic E-state index is 5.56. The number of nitrogens with one attached hydrogen (secondary N) is 1. The lowest BCUT2D eigenvalue weighted by Gasteiger charge is -2.10. The molecule has 1 aliphatic heterocycles. The van der Waals surface area contributed by atoms with Crippen LogP contribution < -0.4 is 10.2 Å². The number of fused-ring (bicyclic) bond motifs is 1. The first-order chi connectivity index (χ1) is 13.6. The van der Waals surface area contributed by atoms with E-state index in [4.69, 9.17) is 14.8 Å². The van der Waals surface area contributed by atoms with Crippen LogP contribution in [0.3, 0.4) is 0 Å². The Balaban J connectivity index is 1.79. The number of amidine groups is 1. The van der Waals surface area contributed by atoms with E-state index in [1.54, 1.807) is 0 Å². The highest BCUT2D eigenvalue weighted by Gasteiger charge is 2.17. The van der Waals surface area contributed by atoms with Crippen molar-refractivity contribution in [1.82, 2.24) is 5.43 Å². The van der Waals surface area contributed by atoms with E-state index in [1.807, 2.05) is 61.5 Å². The summed E-state index contributed by atoms with van der Waals surface area (Å²) in [5.41, 5.74) is 9.07. The van der Waals surface area contributed by atoms with Crippen LogP contribution in [0.2, 0.25) is 0 Å². The molecule has 0 unspecified atom stereocenters. The Hall–Kier alpha value is -2.92. The first kappa shape index (κ1) is 18.4. The lowest BCUT2D eigenvalue weighted by molar-refractivity contribution is 0.340. The third-order valence-electron chi connectivity index (χ3n) is 4.47. The van der Waals surface area contributed by atoms with E-state index in [0.717, 1.165) is 44.1 Å². The minimum Gasteiger partial charge on any atom is -0.494 e. The maximum Gasteiger partial charge on any atom is 0.154 e. The normalized spacial score (nSPS) is 13.0. The van der Waals surface area contributed by atoms with Gasteiger partial charge in [-0.15, -0.1) is 0 Å². The van der Waals surface area contributed by atoms with Crippen molar-refractivity contribution >= 4 is 33.2 Å². The summed E-state index contributed by atoms with van der Waals surface area (Å²) >= 11 is 3.48. The molecule has 0 aromatic heterocycles. The Morgan fingerprint density at radius 3 is 2.36 bits per heavy atom. The molecule has 1 heterocycles. The Labute approximate surface area is 173 Å². The summed E-state index contributed by atoms with van der Waals surface area (Å²) < 4.78 is 6.59. The highest BCUT2D eigenvalue weighted by atomic mass is 79.9. The molecular weight excluding hydrogens is 414 g/mol. The van der Waals surface area contributed by atoms with Gasteiger partial charge in [-0.3, -0.25) is 5.43 Å². The van der Waals surface area contributed by atoms with Crippen molar-refractivity contribution in [2.75, 3.05) is 6.61 Å². The van der Waals surface area contributed by atoms with Crippen molar-refractivity contribution in [2.24, 2.45) is 10.1 Å². The number of rotatable bonds is 4. The van der Waals surface area contributed by atoms with Crippen LogP contribution in [-0.2, 0) is 0 Å². The monoisotopic (exact) mass is 433 g/mol. The van der Waals surface area contributed by atoms with E-state index >= 15 is 0 Å². The van der Waals surface area contributed by atoms with Gasteiger partial charge in [-0.2, -0.15) is 5.10 Å². The Morgan fingerprint density at radius 1 is 0.929 bits per heavy atom. The molecule has 3 aromatic carbocycles. The highest BCUT2D eigenvalue weighted by molar-refractivity contribution is 9.10. The summed E-state index contributed by atoms with van der Waals surface area (Å²) in [6.45, 7) is 4.70. The number of aryl methyl sites for hydroxylation is 1. The van der Waals surface area contributed by atoms with E-state index < -0.39 is 0 Å². The van der Waals surface area contributed by atoms with Gasteiger partial charge in [0, 0.05) is 21.2 Å². The molecule has 4 nitrogen and oxygen atoms in total. The Bertz CT molecular complexity index is 1050. The molecule has 3 aromatic rings. The topological polar surface area (TPSA) is 46.0 Å². The smallest absolute Gasteiger partial charge is 0.154 e. The van der Waals surface area contributed by atoms with Gasteiger partial charge in [-0.25, -0.2) is 4.99 Å². The Kier molecular flexibility index (Phi) is 5.26. The molecular formula is C23H20BrN3O. The van der Waals surface area contributed by atoms with Crippen LogP contribution in [0.5, 0.6) is 5.75 Å². The maximum atomic E-state index is 5.56. The number of halogens is 1. The molecule has 0 amide bonds. The number of nitrogens with zero attached hydrogens (tertiary/aromatic N) is 2. The SMILES string of the molecule is CCOc1ccc(C2=NNC(c3ccc(Br)cc3)=Nc3ccc(C)cc32)cc1. The molecule has 0 bridgehead atoms. The minimum atomic E-state index is 0.647. The largest absolute Gasteiger partial charge is 0.494 e. The summed E-state index contributed by atoms with van der Waals surface area (Å²) in [6.07, 6.45) is 0.